The topological polar surface area (TPSA) is 58.8 Å². The van der Waals surface area contributed by atoms with Crippen molar-refractivity contribution in [3.63, 3.8) is 0 Å². The van der Waals surface area contributed by atoms with Crippen molar-refractivity contribution >= 4 is 5.91 Å². The van der Waals surface area contributed by atoms with Crippen LogP contribution in [-0.2, 0) is 6.54 Å². The highest BCUT2D eigenvalue weighted by molar-refractivity contribution is 5.96. The first-order valence-electron chi connectivity index (χ1n) is 8.54. The van der Waals surface area contributed by atoms with Crippen LogP contribution in [0.1, 0.15) is 33.8 Å². The summed E-state index contributed by atoms with van der Waals surface area (Å²) in [5, 5.41) is 0. The number of furan rings is 1. The summed E-state index contributed by atoms with van der Waals surface area (Å²) in [5.74, 6) is 1.51. The number of hydrogen-bond acceptors (Lipinski definition) is 5. The fourth-order valence-corrected chi connectivity index (χ4v) is 3.19. The van der Waals surface area contributed by atoms with Gasteiger partial charge in [-0.2, -0.15) is 0 Å². The van der Waals surface area contributed by atoms with Crippen molar-refractivity contribution in [2.45, 2.75) is 32.9 Å². The third-order valence-corrected chi connectivity index (χ3v) is 4.37. The lowest BCUT2D eigenvalue weighted by molar-refractivity contribution is 0.0770. The Hall–Kier alpha value is -2.34. The molecular weight excluding hydrogens is 318 g/mol. The van der Waals surface area contributed by atoms with Gasteiger partial charge in [-0.1, -0.05) is 0 Å². The second kappa shape index (κ2) is 7.27. The molecule has 0 aromatic carbocycles. The molecule has 1 fully saturated rings. The van der Waals surface area contributed by atoms with Crippen LogP contribution in [0.5, 0.6) is 5.75 Å². The third-order valence-electron chi connectivity index (χ3n) is 4.37. The Morgan fingerprint density at radius 1 is 1.44 bits per heavy atom. The quantitative estimate of drug-likeness (QED) is 0.835. The molecule has 134 valence electrons. The van der Waals surface area contributed by atoms with Crippen LogP contribution in [0.2, 0.25) is 0 Å². The molecule has 6 heteroatoms. The number of ether oxygens (including phenoxy) is 1. The molecule has 1 aliphatic rings. The van der Waals surface area contributed by atoms with Crippen LogP contribution in [0.3, 0.4) is 0 Å². The van der Waals surface area contributed by atoms with Crippen LogP contribution in [0.25, 0.3) is 0 Å². The lowest BCUT2D eigenvalue weighted by Crippen LogP contribution is -2.31. The maximum atomic E-state index is 12.7. The molecule has 2 aromatic heterocycles. The second-order valence-corrected chi connectivity index (χ2v) is 6.85. The molecule has 25 heavy (non-hydrogen) atoms. The standard InChI is InChI=1S/C19H25N3O3/c1-13-12-24-14(2)18(13)19(23)22-8-6-17(11-22)25-16-5-7-20-15(9-16)10-21(3)4/h5,7,9,12,17H,6,8,10-11H2,1-4H3. The predicted octanol–water partition coefficient (Wildman–Crippen LogP) is 2.65. The number of hydrogen-bond donors (Lipinski definition) is 0. The zero-order valence-electron chi connectivity index (χ0n) is 15.3. The van der Waals surface area contributed by atoms with E-state index in [1.54, 1.807) is 12.5 Å². The Kier molecular flexibility index (Phi) is 5.08. The van der Waals surface area contributed by atoms with Gasteiger partial charge in [0.1, 0.15) is 17.6 Å². The minimum absolute atomic E-state index is 0.00562. The Balaban J connectivity index is 1.63. The molecule has 1 atom stereocenters. The van der Waals surface area contributed by atoms with Gasteiger partial charge in [0.25, 0.3) is 5.91 Å². The van der Waals surface area contributed by atoms with E-state index in [1.165, 1.54) is 0 Å². The SMILES string of the molecule is Cc1coc(C)c1C(=O)N1CCC(Oc2ccnc(CN(C)C)c2)C1. The Labute approximate surface area is 148 Å². The fourth-order valence-electron chi connectivity index (χ4n) is 3.19. The molecule has 1 amide bonds. The molecule has 0 bridgehead atoms. The van der Waals surface area contributed by atoms with E-state index in [4.69, 9.17) is 9.15 Å². The van der Waals surface area contributed by atoms with Crippen molar-refractivity contribution in [3.8, 4) is 5.75 Å². The van der Waals surface area contributed by atoms with Crippen LogP contribution in [0.15, 0.2) is 29.0 Å². The van der Waals surface area contributed by atoms with Crippen molar-refractivity contribution in [2.75, 3.05) is 27.2 Å². The number of carbonyl (C=O) groups is 1. The number of rotatable bonds is 5. The van der Waals surface area contributed by atoms with Gasteiger partial charge in [-0.15, -0.1) is 0 Å². The number of likely N-dealkylation sites (tertiary alicyclic amines) is 1. The van der Waals surface area contributed by atoms with E-state index in [2.05, 4.69) is 9.88 Å². The van der Waals surface area contributed by atoms with Crippen molar-refractivity contribution in [2.24, 2.45) is 0 Å². The first-order chi connectivity index (χ1) is 11.9. The van der Waals surface area contributed by atoms with Gasteiger partial charge >= 0.3 is 0 Å². The smallest absolute Gasteiger partial charge is 0.257 e. The van der Waals surface area contributed by atoms with Gasteiger partial charge in [0.2, 0.25) is 0 Å². The molecule has 3 rings (SSSR count). The van der Waals surface area contributed by atoms with Gasteiger partial charge in [0, 0.05) is 37.3 Å². The maximum absolute atomic E-state index is 12.7. The maximum Gasteiger partial charge on any atom is 0.257 e. The number of amides is 1. The van der Waals surface area contributed by atoms with Crippen molar-refractivity contribution in [1.29, 1.82) is 0 Å². The average Bonchev–Trinajstić information content (AvgIpc) is 3.13. The van der Waals surface area contributed by atoms with Crippen molar-refractivity contribution < 1.29 is 13.9 Å². The highest BCUT2D eigenvalue weighted by atomic mass is 16.5. The van der Waals surface area contributed by atoms with E-state index in [0.717, 1.165) is 30.0 Å². The van der Waals surface area contributed by atoms with E-state index in [-0.39, 0.29) is 12.0 Å². The van der Waals surface area contributed by atoms with E-state index >= 15 is 0 Å². The monoisotopic (exact) mass is 343 g/mol. The molecule has 0 spiro atoms. The fraction of sp³-hybridized carbons (Fsp3) is 0.474. The molecule has 0 saturated carbocycles. The number of carbonyl (C=O) groups excluding carboxylic acids is 1. The predicted molar refractivity (Wildman–Crippen MR) is 94.7 cm³/mol. The molecular formula is C19H25N3O3. The van der Waals surface area contributed by atoms with Gasteiger partial charge in [0.05, 0.1) is 24.1 Å². The van der Waals surface area contributed by atoms with E-state index < -0.39 is 0 Å². The van der Waals surface area contributed by atoms with Crippen LogP contribution >= 0.6 is 0 Å². The summed E-state index contributed by atoms with van der Waals surface area (Å²) in [6.07, 6.45) is 4.23. The Morgan fingerprint density at radius 2 is 2.24 bits per heavy atom. The average molecular weight is 343 g/mol. The molecule has 3 heterocycles. The Bertz CT molecular complexity index is 735. The first-order valence-corrected chi connectivity index (χ1v) is 8.54. The molecule has 2 aromatic rings. The molecule has 0 N–H and O–H groups in total. The summed E-state index contributed by atoms with van der Waals surface area (Å²) in [5.41, 5.74) is 2.53. The highest BCUT2D eigenvalue weighted by Crippen LogP contribution is 2.23. The normalized spacial score (nSPS) is 17.3. The van der Waals surface area contributed by atoms with Crippen LogP contribution in [0, 0.1) is 13.8 Å². The molecule has 6 nitrogen and oxygen atoms in total. The van der Waals surface area contributed by atoms with E-state index in [1.807, 2.05) is 45.0 Å². The molecule has 1 aliphatic heterocycles. The van der Waals surface area contributed by atoms with Crippen molar-refractivity contribution in [1.82, 2.24) is 14.8 Å². The number of aryl methyl sites for hydroxylation is 2. The summed E-state index contributed by atoms with van der Waals surface area (Å²) in [7, 11) is 4.02. The third kappa shape index (κ3) is 4.02. The number of nitrogens with zero attached hydrogens (tertiary/aromatic N) is 3. The summed E-state index contributed by atoms with van der Waals surface area (Å²) in [4.78, 5) is 21.0. The number of aromatic nitrogens is 1. The first kappa shape index (κ1) is 17.5. The molecule has 1 saturated heterocycles. The van der Waals surface area contributed by atoms with E-state index in [0.29, 0.717) is 24.4 Å². The molecule has 1 unspecified atom stereocenters. The van der Waals surface area contributed by atoms with Crippen LogP contribution in [0.4, 0.5) is 0 Å². The second-order valence-electron chi connectivity index (χ2n) is 6.85. The summed E-state index contributed by atoms with van der Waals surface area (Å²) in [6.45, 7) is 5.79. The minimum Gasteiger partial charge on any atom is -0.488 e. The minimum atomic E-state index is 0.00562. The molecule has 0 aliphatic carbocycles. The van der Waals surface area contributed by atoms with Gasteiger partial charge in [0.15, 0.2) is 0 Å². The lowest BCUT2D eigenvalue weighted by Gasteiger charge is -2.18. The van der Waals surface area contributed by atoms with Crippen LogP contribution < -0.4 is 4.74 Å². The summed E-state index contributed by atoms with van der Waals surface area (Å²) < 4.78 is 11.4. The van der Waals surface area contributed by atoms with Crippen LogP contribution in [-0.4, -0.2) is 54.0 Å². The summed E-state index contributed by atoms with van der Waals surface area (Å²) in [6, 6.07) is 3.84. The molecule has 0 radical (unpaired) electrons. The van der Waals surface area contributed by atoms with Crippen molar-refractivity contribution in [3.05, 3.63) is 47.2 Å². The summed E-state index contributed by atoms with van der Waals surface area (Å²) >= 11 is 0. The van der Waals surface area contributed by atoms with Gasteiger partial charge in [-0.25, -0.2) is 0 Å². The zero-order valence-corrected chi connectivity index (χ0v) is 15.3. The highest BCUT2D eigenvalue weighted by Gasteiger charge is 2.30. The van der Waals surface area contributed by atoms with Gasteiger partial charge in [-0.3, -0.25) is 9.78 Å². The lowest BCUT2D eigenvalue weighted by atomic mass is 10.1. The van der Waals surface area contributed by atoms with E-state index in [9.17, 15) is 4.79 Å². The largest absolute Gasteiger partial charge is 0.488 e. The zero-order chi connectivity index (χ0) is 18.0. The Morgan fingerprint density at radius 3 is 2.92 bits per heavy atom. The number of pyridine rings is 1. The van der Waals surface area contributed by atoms with Gasteiger partial charge < -0.3 is 19.0 Å². The van der Waals surface area contributed by atoms with Gasteiger partial charge in [-0.05, 0) is 34.0 Å².